The Morgan fingerprint density at radius 1 is 1.20 bits per heavy atom. The molecule has 2 aromatic carbocycles. The number of fused-ring (bicyclic) bond motifs is 2. The highest BCUT2D eigenvalue weighted by atomic mass is 32.2. The van der Waals surface area contributed by atoms with E-state index in [1.54, 1.807) is 19.1 Å². The Labute approximate surface area is 175 Å². The zero-order valence-corrected chi connectivity index (χ0v) is 17.7. The summed E-state index contributed by atoms with van der Waals surface area (Å²) in [5, 5.41) is 4.07. The van der Waals surface area contributed by atoms with E-state index in [9.17, 15) is 13.2 Å². The first-order valence-electron chi connectivity index (χ1n) is 9.77. The van der Waals surface area contributed by atoms with Crippen molar-refractivity contribution in [3.05, 3.63) is 59.7 Å². The molecule has 7 nitrogen and oxygen atoms in total. The summed E-state index contributed by atoms with van der Waals surface area (Å²) in [5.74, 6) is 0.208. The topological polar surface area (TPSA) is 105 Å². The molecular weight excluding hydrogens is 400 g/mol. The molecule has 0 fully saturated rings. The van der Waals surface area contributed by atoms with Gasteiger partial charge in [0.2, 0.25) is 5.91 Å². The van der Waals surface area contributed by atoms with E-state index in [0.717, 1.165) is 27.7 Å². The van der Waals surface area contributed by atoms with Gasteiger partial charge < -0.3 is 16.0 Å². The lowest BCUT2D eigenvalue weighted by Gasteiger charge is -2.24. The summed E-state index contributed by atoms with van der Waals surface area (Å²) in [6.45, 7) is 4.46. The summed E-state index contributed by atoms with van der Waals surface area (Å²) in [6.07, 6.45) is 0. The third kappa shape index (κ3) is 3.82. The fourth-order valence-electron chi connectivity index (χ4n) is 3.67. The number of hydrogen-bond acceptors (Lipinski definition) is 6. The van der Waals surface area contributed by atoms with Crippen LogP contribution in [0, 0.1) is 6.92 Å². The molecule has 156 valence electrons. The van der Waals surface area contributed by atoms with Crippen LogP contribution < -0.4 is 16.0 Å². The van der Waals surface area contributed by atoms with E-state index in [1.165, 1.54) is 0 Å². The van der Waals surface area contributed by atoms with Crippen LogP contribution in [0.15, 0.2) is 53.4 Å². The zero-order valence-electron chi connectivity index (χ0n) is 16.9. The predicted octanol–water partition coefficient (Wildman–Crippen LogP) is 2.62. The Morgan fingerprint density at radius 3 is 2.73 bits per heavy atom. The number of nitrogens with zero attached hydrogens (tertiary/aromatic N) is 2. The van der Waals surface area contributed by atoms with Crippen LogP contribution in [0.4, 0.5) is 11.5 Å². The smallest absolute Gasteiger partial charge is 0.239 e. The summed E-state index contributed by atoms with van der Waals surface area (Å²) >= 11 is 0. The first-order valence-corrected chi connectivity index (χ1v) is 11.4. The van der Waals surface area contributed by atoms with Crippen LogP contribution in [0.5, 0.6) is 0 Å². The van der Waals surface area contributed by atoms with Crippen molar-refractivity contribution in [1.82, 2.24) is 4.98 Å². The van der Waals surface area contributed by atoms with Gasteiger partial charge in [-0.25, -0.2) is 13.4 Å². The number of anilines is 2. The number of rotatable bonds is 4. The van der Waals surface area contributed by atoms with Gasteiger partial charge in [-0.1, -0.05) is 29.8 Å². The van der Waals surface area contributed by atoms with Crippen molar-refractivity contribution >= 4 is 38.2 Å². The van der Waals surface area contributed by atoms with Crippen molar-refractivity contribution in [2.75, 3.05) is 22.5 Å². The van der Waals surface area contributed by atoms with Gasteiger partial charge in [-0.05, 0) is 37.6 Å². The normalized spacial score (nSPS) is 16.5. The highest BCUT2D eigenvalue weighted by molar-refractivity contribution is 7.91. The minimum Gasteiger partial charge on any atom is -0.373 e. The van der Waals surface area contributed by atoms with Crippen LogP contribution in [0.2, 0.25) is 0 Å². The maximum absolute atomic E-state index is 12.7. The Morgan fingerprint density at radius 2 is 1.97 bits per heavy atom. The molecule has 1 aliphatic rings. The summed E-state index contributed by atoms with van der Waals surface area (Å²) in [7, 11) is -3.35. The molecule has 0 bridgehead atoms. The standard InChI is InChI=1S/C22H24N4O3S/c1-14-7-8-18-17(11-14)19(24-15(2)22(23)27)12-21(25-18)26-9-10-30(28,29)20-6-4-3-5-16(20)13-26/h3-8,11-12,15H,9-10,13H2,1-2H3,(H2,23,27)(H,24,25)/t15-/m0/s1. The molecule has 8 heteroatoms. The average molecular weight is 425 g/mol. The molecule has 2 heterocycles. The Hall–Kier alpha value is -3.13. The van der Waals surface area contributed by atoms with E-state index in [-0.39, 0.29) is 5.75 Å². The number of nitrogens with one attached hydrogen (secondary N) is 1. The van der Waals surface area contributed by atoms with Gasteiger partial charge in [0.15, 0.2) is 9.84 Å². The van der Waals surface area contributed by atoms with Crippen LogP contribution in [-0.2, 0) is 21.2 Å². The van der Waals surface area contributed by atoms with Crippen LogP contribution >= 0.6 is 0 Å². The Balaban J connectivity index is 1.81. The number of nitrogens with two attached hydrogens (primary N) is 1. The number of pyridine rings is 1. The van der Waals surface area contributed by atoms with Crippen LogP contribution in [0.25, 0.3) is 10.9 Å². The molecule has 0 saturated carbocycles. The number of aryl methyl sites for hydroxylation is 1. The maximum Gasteiger partial charge on any atom is 0.239 e. The lowest BCUT2D eigenvalue weighted by Crippen LogP contribution is -2.32. The van der Waals surface area contributed by atoms with Gasteiger partial charge in [0.1, 0.15) is 11.9 Å². The first-order chi connectivity index (χ1) is 14.2. The fourth-order valence-corrected chi connectivity index (χ4v) is 5.17. The van der Waals surface area contributed by atoms with Gasteiger partial charge in [0, 0.05) is 30.2 Å². The number of aromatic nitrogens is 1. The zero-order chi connectivity index (χ0) is 21.5. The minimum absolute atomic E-state index is 0.0120. The molecule has 30 heavy (non-hydrogen) atoms. The highest BCUT2D eigenvalue weighted by Gasteiger charge is 2.26. The summed E-state index contributed by atoms with van der Waals surface area (Å²) in [6, 6.07) is 14.3. The third-order valence-corrected chi connectivity index (χ3v) is 7.16. The van der Waals surface area contributed by atoms with Crippen LogP contribution in [0.1, 0.15) is 18.1 Å². The summed E-state index contributed by atoms with van der Waals surface area (Å²) in [4.78, 5) is 18.7. The number of benzene rings is 2. The van der Waals surface area contributed by atoms with Crippen molar-refractivity contribution in [2.24, 2.45) is 5.73 Å². The molecule has 0 spiro atoms. The van der Waals surface area contributed by atoms with E-state index >= 15 is 0 Å². The van der Waals surface area contributed by atoms with Crippen molar-refractivity contribution < 1.29 is 13.2 Å². The average Bonchev–Trinajstić information content (AvgIpc) is 2.84. The van der Waals surface area contributed by atoms with Gasteiger partial charge in [-0.15, -0.1) is 0 Å². The number of sulfone groups is 1. The molecule has 1 atom stereocenters. The van der Waals surface area contributed by atoms with Gasteiger partial charge in [0.25, 0.3) is 0 Å². The molecule has 0 aliphatic carbocycles. The largest absolute Gasteiger partial charge is 0.373 e. The van der Waals surface area contributed by atoms with Crippen molar-refractivity contribution in [3.8, 4) is 0 Å². The molecule has 4 rings (SSSR count). The lowest BCUT2D eigenvalue weighted by molar-refractivity contribution is -0.118. The van der Waals surface area contributed by atoms with Crippen molar-refractivity contribution in [3.63, 3.8) is 0 Å². The molecular formula is C22H24N4O3S. The highest BCUT2D eigenvalue weighted by Crippen LogP contribution is 2.31. The van der Waals surface area contributed by atoms with E-state index in [2.05, 4.69) is 5.32 Å². The number of carbonyl (C=O) groups is 1. The molecule has 0 unspecified atom stereocenters. The van der Waals surface area contributed by atoms with E-state index in [0.29, 0.717) is 23.8 Å². The minimum atomic E-state index is -3.35. The summed E-state index contributed by atoms with van der Waals surface area (Å²) in [5.41, 5.74) is 8.77. The van der Waals surface area contributed by atoms with Crippen LogP contribution in [0.3, 0.4) is 0 Å². The number of hydrogen-bond donors (Lipinski definition) is 2. The molecule has 3 N–H and O–H groups in total. The molecule has 1 aliphatic heterocycles. The Kier molecular flexibility index (Phi) is 5.11. The van der Waals surface area contributed by atoms with E-state index in [1.807, 2.05) is 48.2 Å². The number of carbonyl (C=O) groups excluding carboxylic acids is 1. The number of amides is 1. The van der Waals surface area contributed by atoms with E-state index in [4.69, 9.17) is 10.7 Å². The molecule has 1 aromatic heterocycles. The van der Waals surface area contributed by atoms with Crippen molar-refractivity contribution in [1.29, 1.82) is 0 Å². The number of primary amides is 1. The van der Waals surface area contributed by atoms with E-state index < -0.39 is 21.8 Å². The second-order valence-electron chi connectivity index (χ2n) is 7.67. The second-order valence-corrected chi connectivity index (χ2v) is 9.74. The molecule has 0 radical (unpaired) electrons. The Bertz CT molecular complexity index is 1240. The SMILES string of the molecule is Cc1ccc2nc(N3CCS(=O)(=O)c4ccccc4C3)cc(N[C@@H](C)C(N)=O)c2c1. The third-order valence-electron chi connectivity index (χ3n) is 5.37. The molecule has 0 saturated heterocycles. The van der Waals surface area contributed by atoms with Gasteiger partial charge in [-0.2, -0.15) is 0 Å². The van der Waals surface area contributed by atoms with Crippen LogP contribution in [-0.4, -0.2) is 37.6 Å². The van der Waals surface area contributed by atoms with Gasteiger partial charge in [-0.3, -0.25) is 4.79 Å². The first kappa shape index (κ1) is 20.2. The van der Waals surface area contributed by atoms with Gasteiger partial charge >= 0.3 is 0 Å². The fraction of sp³-hybridized carbons (Fsp3) is 0.273. The van der Waals surface area contributed by atoms with Crippen molar-refractivity contribution in [2.45, 2.75) is 31.3 Å². The quantitative estimate of drug-likeness (QED) is 0.667. The second kappa shape index (κ2) is 7.60. The lowest BCUT2D eigenvalue weighted by atomic mass is 10.1. The monoisotopic (exact) mass is 424 g/mol. The molecule has 1 amide bonds. The van der Waals surface area contributed by atoms with Gasteiger partial charge in [0.05, 0.1) is 16.2 Å². The predicted molar refractivity (Wildman–Crippen MR) is 118 cm³/mol. The maximum atomic E-state index is 12.7. The summed E-state index contributed by atoms with van der Waals surface area (Å²) < 4.78 is 25.4. The molecule has 3 aromatic rings.